The van der Waals surface area contributed by atoms with E-state index in [1.165, 1.54) is 6.08 Å². The van der Waals surface area contributed by atoms with Crippen molar-refractivity contribution in [3.05, 3.63) is 23.3 Å². The average Bonchev–Trinajstić information content (AvgIpc) is 2.17. The largest absolute Gasteiger partial charge is 0.393 e. The van der Waals surface area contributed by atoms with E-state index in [2.05, 4.69) is 0 Å². The Morgan fingerprint density at radius 3 is 2.38 bits per heavy atom. The Balaban J connectivity index is 2.88. The van der Waals surface area contributed by atoms with Gasteiger partial charge in [-0.15, -0.1) is 0 Å². The first-order valence-corrected chi connectivity index (χ1v) is 4.09. The van der Waals surface area contributed by atoms with Crippen LogP contribution in [-0.4, -0.2) is 45.8 Å². The second-order valence-corrected chi connectivity index (χ2v) is 3.28. The van der Waals surface area contributed by atoms with E-state index in [0.29, 0.717) is 11.1 Å². The molecule has 0 aromatic heterocycles. The van der Waals surface area contributed by atoms with Crippen LogP contribution >= 0.6 is 0 Å². The second-order valence-electron chi connectivity index (χ2n) is 3.28. The van der Waals surface area contributed by atoms with Crippen LogP contribution in [0.5, 0.6) is 0 Å². The van der Waals surface area contributed by atoms with Crippen molar-refractivity contribution in [1.82, 2.24) is 0 Å². The monoisotopic (exact) mass is 186 g/mol. The van der Waals surface area contributed by atoms with Gasteiger partial charge in [0.15, 0.2) is 0 Å². The molecule has 0 aromatic carbocycles. The lowest BCUT2D eigenvalue weighted by atomic mass is 9.87. The summed E-state index contributed by atoms with van der Waals surface area (Å²) in [5.74, 6) is 0. The summed E-state index contributed by atoms with van der Waals surface area (Å²) in [7, 11) is 0. The third kappa shape index (κ3) is 2.38. The summed E-state index contributed by atoms with van der Waals surface area (Å²) in [6, 6.07) is 0. The number of aliphatic hydroxyl groups is 4. The molecular formula is C9H14O4. The highest BCUT2D eigenvalue weighted by atomic mass is 16.3. The first-order chi connectivity index (χ1) is 6.13. The maximum Gasteiger partial charge on any atom is 0.110 e. The summed E-state index contributed by atoms with van der Waals surface area (Å²) < 4.78 is 0. The van der Waals surface area contributed by atoms with E-state index in [9.17, 15) is 5.11 Å². The lowest BCUT2D eigenvalue weighted by molar-refractivity contribution is 0.0234. The van der Waals surface area contributed by atoms with Gasteiger partial charge in [0.05, 0.1) is 19.8 Å². The van der Waals surface area contributed by atoms with Crippen molar-refractivity contribution in [2.75, 3.05) is 19.8 Å². The standard InChI is InChI=1S/C9H14O4/c10-4-7-1-8(5-11)3-9(13,2-7)6-12/h1-2,10-13H,3-6H2. The highest BCUT2D eigenvalue weighted by Gasteiger charge is 2.27. The maximum atomic E-state index is 9.69. The fourth-order valence-corrected chi connectivity index (χ4v) is 1.44. The molecule has 0 saturated heterocycles. The highest BCUT2D eigenvalue weighted by Crippen LogP contribution is 2.25. The van der Waals surface area contributed by atoms with Crippen molar-refractivity contribution in [2.24, 2.45) is 0 Å². The Morgan fingerprint density at radius 2 is 1.92 bits per heavy atom. The number of hydrogen-bond donors (Lipinski definition) is 4. The summed E-state index contributed by atoms with van der Waals surface area (Å²) in [6.45, 7) is -0.778. The fourth-order valence-electron chi connectivity index (χ4n) is 1.44. The molecule has 0 spiro atoms. The molecule has 0 fully saturated rings. The summed E-state index contributed by atoms with van der Waals surface area (Å²) in [4.78, 5) is 0. The Labute approximate surface area is 76.5 Å². The predicted molar refractivity (Wildman–Crippen MR) is 47.0 cm³/mol. The summed E-state index contributed by atoms with van der Waals surface area (Å²) in [5, 5.41) is 36.3. The number of aliphatic hydroxyl groups excluding tert-OH is 3. The topological polar surface area (TPSA) is 80.9 Å². The highest BCUT2D eigenvalue weighted by molar-refractivity contribution is 5.34. The quantitative estimate of drug-likeness (QED) is 0.453. The normalized spacial score (nSPS) is 28.3. The predicted octanol–water partition coefficient (Wildman–Crippen LogP) is -1.05. The van der Waals surface area contributed by atoms with Crippen molar-refractivity contribution < 1.29 is 20.4 Å². The van der Waals surface area contributed by atoms with Crippen molar-refractivity contribution in [3.63, 3.8) is 0 Å². The van der Waals surface area contributed by atoms with Crippen LogP contribution in [0, 0.1) is 0 Å². The molecule has 0 amide bonds. The van der Waals surface area contributed by atoms with Crippen molar-refractivity contribution in [1.29, 1.82) is 0 Å². The molecule has 0 aliphatic heterocycles. The van der Waals surface area contributed by atoms with Gasteiger partial charge in [0.25, 0.3) is 0 Å². The average molecular weight is 186 g/mol. The van der Waals surface area contributed by atoms with Crippen molar-refractivity contribution in [2.45, 2.75) is 12.0 Å². The van der Waals surface area contributed by atoms with Gasteiger partial charge < -0.3 is 20.4 Å². The van der Waals surface area contributed by atoms with Gasteiger partial charge in [0.1, 0.15) is 5.60 Å². The van der Waals surface area contributed by atoms with Gasteiger partial charge in [0.2, 0.25) is 0 Å². The van der Waals surface area contributed by atoms with Crippen LogP contribution in [0.25, 0.3) is 0 Å². The van der Waals surface area contributed by atoms with Crippen LogP contribution in [0.3, 0.4) is 0 Å². The molecule has 4 nitrogen and oxygen atoms in total. The minimum absolute atomic E-state index is 0.167. The Bertz CT molecular complexity index is 244. The van der Waals surface area contributed by atoms with Crippen LogP contribution in [0.2, 0.25) is 0 Å². The van der Waals surface area contributed by atoms with E-state index >= 15 is 0 Å². The van der Waals surface area contributed by atoms with Crippen LogP contribution < -0.4 is 0 Å². The molecule has 1 aliphatic rings. The molecule has 0 bridgehead atoms. The molecule has 4 heteroatoms. The van der Waals surface area contributed by atoms with E-state index in [1.54, 1.807) is 6.08 Å². The molecule has 0 radical (unpaired) electrons. The number of rotatable bonds is 3. The van der Waals surface area contributed by atoms with E-state index in [-0.39, 0.29) is 19.6 Å². The van der Waals surface area contributed by atoms with Gasteiger partial charge in [0, 0.05) is 6.42 Å². The van der Waals surface area contributed by atoms with Crippen molar-refractivity contribution >= 4 is 0 Å². The summed E-state index contributed by atoms with van der Waals surface area (Å²) >= 11 is 0. The lowest BCUT2D eigenvalue weighted by Gasteiger charge is -2.27. The lowest BCUT2D eigenvalue weighted by Crippen LogP contribution is -2.34. The van der Waals surface area contributed by atoms with Gasteiger partial charge in [-0.1, -0.05) is 6.08 Å². The first-order valence-electron chi connectivity index (χ1n) is 4.09. The van der Waals surface area contributed by atoms with Gasteiger partial charge in [-0.05, 0) is 17.2 Å². The zero-order chi connectivity index (χ0) is 9.90. The molecule has 0 saturated carbocycles. The number of hydrogen-bond acceptors (Lipinski definition) is 4. The van der Waals surface area contributed by atoms with Crippen LogP contribution in [-0.2, 0) is 0 Å². The smallest absolute Gasteiger partial charge is 0.110 e. The minimum atomic E-state index is -1.33. The van der Waals surface area contributed by atoms with Crippen LogP contribution in [0.4, 0.5) is 0 Å². The molecule has 13 heavy (non-hydrogen) atoms. The zero-order valence-electron chi connectivity index (χ0n) is 7.27. The SMILES string of the molecule is OCC1=CC(O)(CO)CC(CO)=C1. The molecule has 0 aromatic rings. The minimum Gasteiger partial charge on any atom is -0.393 e. The molecule has 4 N–H and O–H groups in total. The molecule has 74 valence electrons. The third-order valence-corrected chi connectivity index (χ3v) is 2.04. The molecule has 1 atom stereocenters. The Morgan fingerprint density at radius 1 is 1.23 bits per heavy atom. The van der Waals surface area contributed by atoms with Crippen LogP contribution in [0.15, 0.2) is 23.3 Å². The van der Waals surface area contributed by atoms with E-state index < -0.39 is 12.2 Å². The third-order valence-electron chi connectivity index (χ3n) is 2.04. The summed E-state index contributed by atoms with van der Waals surface area (Å²) in [5.41, 5.74) is -0.194. The first kappa shape index (κ1) is 10.4. The maximum absolute atomic E-state index is 9.69. The van der Waals surface area contributed by atoms with Gasteiger partial charge in [-0.3, -0.25) is 0 Å². The Kier molecular flexibility index (Phi) is 3.22. The van der Waals surface area contributed by atoms with Crippen molar-refractivity contribution in [3.8, 4) is 0 Å². The summed E-state index contributed by atoms with van der Waals surface area (Å²) in [6.07, 6.45) is 3.26. The van der Waals surface area contributed by atoms with Crippen LogP contribution in [0.1, 0.15) is 6.42 Å². The second kappa shape index (κ2) is 4.02. The Hall–Kier alpha value is -0.680. The molecular weight excluding hydrogens is 172 g/mol. The van der Waals surface area contributed by atoms with Gasteiger partial charge >= 0.3 is 0 Å². The zero-order valence-corrected chi connectivity index (χ0v) is 7.27. The van der Waals surface area contributed by atoms with E-state index in [4.69, 9.17) is 15.3 Å². The molecule has 1 rings (SSSR count). The van der Waals surface area contributed by atoms with E-state index in [0.717, 1.165) is 0 Å². The molecule has 1 aliphatic carbocycles. The van der Waals surface area contributed by atoms with Gasteiger partial charge in [-0.2, -0.15) is 0 Å². The van der Waals surface area contributed by atoms with E-state index in [1.807, 2.05) is 0 Å². The molecule has 0 heterocycles. The fraction of sp³-hybridized carbons (Fsp3) is 0.556. The molecule has 1 unspecified atom stereocenters. The van der Waals surface area contributed by atoms with Gasteiger partial charge in [-0.25, -0.2) is 0 Å².